The number of carbonyl (C=O) groups is 3. The molecule has 2 bridgehead atoms. The van der Waals surface area contributed by atoms with Crippen LogP contribution in [-0.2, 0) is 51.7 Å². The molecule has 0 unspecified atom stereocenters. The van der Waals surface area contributed by atoms with Crippen LogP contribution in [0.15, 0.2) is 48.2 Å². The molecule has 0 aromatic carbocycles. The topological polar surface area (TPSA) is 128 Å². The van der Waals surface area contributed by atoms with Gasteiger partial charge in [-0.2, -0.15) is 0 Å². The number of esters is 1. The van der Waals surface area contributed by atoms with Gasteiger partial charge in [-0.25, -0.2) is 4.79 Å². The molecule has 0 saturated heterocycles. The third kappa shape index (κ3) is 19.7. The first-order valence-corrected chi connectivity index (χ1v) is 32.5. The Balaban J connectivity index is 2.72. The number of ketones is 1. The molecular formula is C57H103NO11Si2. The first-order valence-electron chi connectivity index (χ1n) is 27.0. The summed E-state index contributed by atoms with van der Waals surface area (Å²) >= 11 is 0. The minimum Gasteiger partial charge on any atom is -0.458 e. The molecule has 0 fully saturated rings. The van der Waals surface area contributed by atoms with Crippen LogP contribution in [0.4, 0.5) is 0 Å². The molecule has 0 aliphatic carbocycles. The Bertz CT molecular complexity index is 1700. The molecule has 0 radical (unpaired) electrons. The zero-order valence-electron chi connectivity index (χ0n) is 48.3. The molecule has 2 aliphatic heterocycles. The van der Waals surface area contributed by atoms with Gasteiger partial charge in [0.15, 0.2) is 16.6 Å². The van der Waals surface area contributed by atoms with Crippen LogP contribution in [0, 0.1) is 35.5 Å². The van der Waals surface area contributed by atoms with Gasteiger partial charge < -0.3 is 42.2 Å². The minimum absolute atomic E-state index is 0.0201. The third-order valence-electron chi connectivity index (χ3n) is 16.8. The Kier molecular flexibility index (Phi) is 28.3. The first kappa shape index (κ1) is 64.8. The van der Waals surface area contributed by atoms with Crippen LogP contribution in [0.3, 0.4) is 0 Å². The van der Waals surface area contributed by atoms with Gasteiger partial charge in [-0.05, 0) is 68.4 Å². The Morgan fingerprint density at radius 1 is 0.873 bits per heavy atom. The van der Waals surface area contributed by atoms with Crippen LogP contribution in [0.1, 0.15) is 135 Å². The summed E-state index contributed by atoms with van der Waals surface area (Å²) in [4.78, 5) is 41.0. The zero-order chi connectivity index (χ0) is 53.9. The molecule has 2 heterocycles. The van der Waals surface area contributed by atoms with E-state index in [9.17, 15) is 14.4 Å². The van der Waals surface area contributed by atoms with Crippen molar-refractivity contribution >= 4 is 34.8 Å². The highest BCUT2D eigenvalue weighted by Gasteiger charge is 2.45. The number of fused-ring (bicyclic) bond motifs is 2. The van der Waals surface area contributed by atoms with Crippen LogP contribution >= 0.6 is 0 Å². The van der Waals surface area contributed by atoms with Gasteiger partial charge in [0.25, 0.3) is 0 Å². The van der Waals surface area contributed by atoms with Gasteiger partial charge in [0, 0.05) is 103 Å². The average Bonchev–Trinajstić information content (AvgIpc) is 3.34. The van der Waals surface area contributed by atoms with Crippen molar-refractivity contribution in [1.29, 1.82) is 0 Å². The Morgan fingerprint density at radius 2 is 1.46 bits per heavy atom. The molecule has 0 saturated carbocycles. The number of hydrogen-bond acceptors (Lipinski definition) is 11. The van der Waals surface area contributed by atoms with E-state index in [-0.39, 0.29) is 95.2 Å². The maximum atomic E-state index is 14.3. The molecular weight excluding hydrogens is 931 g/mol. The van der Waals surface area contributed by atoms with E-state index in [2.05, 4.69) is 101 Å². The largest absolute Gasteiger partial charge is 0.458 e. The summed E-state index contributed by atoms with van der Waals surface area (Å²) in [6, 6.07) is 2.83. The smallest absolute Gasteiger partial charge is 0.331 e. The van der Waals surface area contributed by atoms with E-state index in [1.54, 1.807) is 47.8 Å². The summed E-state index contributed by atoms with van der Waals surface area (Å²) < 4.78 is 53.0. The molecule has 410 valence electrons. The van der Waals surface area contributed by atoms with Gasteiger partial charge in [0.1, 0.15) is 11.9 Å². The highest BCUT2D eigenvalue weighted by atomic mass is 28.4. The van der Waals surface area contributed by atoms with Crippen molar-refractivity contribution in [2.24, 2.45) is 35.5 Å². The lowest BCUT2D eigenvalue weighted by atomic mass is 9.78. The van der Waals surface area contributed by atoms with Crippen molar-refractivity contribution in [3.63, 3.8) is 0 Å². The van der Waals surface area contributed by atoms with E-state index in [0.29, 0.717) is 32.1 Å². The molecule has 0 spiro atoms. The lowest BCUT2D eigenvalue weighted by Gasteiger charge is -2.44. The second-order valence-electron chi connectivity index (χ2n) is 22.8. The summed E-state index contributed by atoms with van der Waals surface area (Å²) in [7, 11) is 4.17. The van der Waals surface area contributed by atoms with Gasteiger partial charge in [-0.1, -0.05) is 119 Å². The Hall–Kier alpha value is -2.28. The molecule has 0 aromatic heterocycles. The monoisotopic (exact) mass is 1030 g/mol. The van der Waals surface area contributed by atoms with E-state index in [0.717, 1.165) is 43.0 Å². The van der Waals surface area contributed by atoms with Crippen LogP contribution in [0.5, 0.6) is 0 Å². The van der Waals surface area contributed by atoms with Crippen molar-refractivity contribution in [3.05, 3.63) is 48.2 Å². The van der Waals surface area contributed by atoms with E-state index in [1.807, 2.05) is 32.9 Å². The summed E-state index contributed by atoms with van der Waals surface area (Å²) in [5.41, 5.74) is 0.943. The minimum atomic E-state index is -2.24. The maximum Gasteiger partial charge on any atom is 0.331 e. The normalized spacial score (nSPS) is 29.7. The molecule has 0 N–H and O–H groups in total. The van der Waals surface area contributed by atoms with Gasteiger partial charge >= 0.3 is 5.97 Å². The fraction of sp³-hybridized carbons (Fsp3) is 0.807. The summed E-state index contributed by atoms with van der Waals surface area (Å²) in [6.45, 7) is 32.6. The highest BCUT2D eigenvalue weighted by Crippen LogP contribution is 2.40. The molecule has 12 nitrogen and oxygen atoms in total. The quantitative estimate of drug-likeness (QED) is 0.0420. The van der Waals surface area contributed by atoms with Gasteiger partial charge in [0.2, 0.25) is 6.41 Å². The summed E-state index contributed by atoms with van der Waals surface area (Å²) in [5.74, 6) is -1.44. The number of allylic oxidation sites excluding steroid dienone is 2. The molecule has 2 rings (SSSR count). The predicted molar refractivity (Wildman–Crippen MR) is 293 cm³/mol. The maximum absolute atomic E-state index is 14.3. The average molecular weight is 1030 g/mol. The molecule has 0 aromatic rings. The molecule has 71 heavy (non-hydrogen) atoms. The lowest BCUT2D eigenvalue weighted by molar-refractivity contribution is -0.158. The second-order valence-corrected chi connectivity index (χ2v) is 32.2. The van der Waals surface area contributed by atoms with Crippen LogP contribution in [0.2, 0.25) is 36.3 Å². The van der Waals surface area contributed by atoms with E-state index in [1.165, 1.54) is 4.90 Å². The molecule has 2 aliphatic rings. The lowest BCUT2D eigenvalue weighted by Crippen LogP contribution is -2.50. The van der Waals surface area contributed by atoms with Gasteiger partial charge in [-0.15, -0.1) is 0 Å². The predicted octanol–water partition coefficient (Wildman–Crippen LogP) is 12.3. The van der Waals surface area contributed by atoms with Crippen molar-refractivity contribution in [3.8, 4) is 0 Å². The number of nitrogens with zero attached hydrogens (tertiary/aromatic N) is 1. The van der Waals surface area contributed by atoms with Crippen molar-refractivity contribution in [1.82, 2.24) is 4.90 Å². The van der Waals surface area contributed by atoms with Crippen LogP contribution in [-0.4, -0.2) is 130 Å². The zero-order valence-corrected chi connectivity index (χ0v) is 50.3. The van der Waals surface area contributed by atoms with E-state index < -0.39 is 28.7 Å². The summed E-state index contributed by atoms with van der Waals surface area (Å²) in [5, 5.41) is 0.0311. The number of amides is 1. The fourth-order valence-electron chi connectivity index (χ4n) is 10.5. The number of hydrogen-bond donors (Lipinski definition) is 0. The standard InChI is InChI=1S/C57H103NO11Si2/c1-21-71(22-2,23-3)69-55(40(5)29-31-49(60)42(7)54(65-18)41(6)33-34-58(14)38-59)45(10)56-44(9)52(64-17)37-51(63-16)43(8)50(62-15)36-47-26-24-25-46(66-47)35-48(68-70(19,20)57(11,12)13)30-27-39(4)28-32-53(61)67-56/h24-25,27-28,32-34,38,40-48,50-52,54-56H,21-23,26,29-31,35-37H2,1-20H3/b32-28+,34-33+,39-27+/t40-,41+,42-,43+,44-,45-,46-,47-,48-,50-,51-,52+,54+,55-,56-/m0/s1. The first-order chi connectivity index (χ1) is 33.3. The Morgan fingerprint density at radius 3 is 2.01 bits per heavy atom. The molecule has 14 heteroatoms. The van der Waals surface area contributed by atoms with E-state index in [4.69, 9.17) is 37.3 Å². The second kappa shape index (κ2) is 30.9. The number of ether oxygens (including phenoxy) is 6. The third-order valence-corrected chi connectivity index (χ3v) is 26.0. The fourth-order valence-corrected chi connectivity index (χ4v) is 14.9. The van der Waals surface area contributed by atoms with Crippen LogP contribution < -0.4 is 0 Å². The molecule has 1 amide bonds. The van der Waals surface area contributed by atoms with E-state index >= 15 is 0 Å². The molecule has 15 atom stereocenters. The Labute approximate surface area is 435 Å². The number of cyclic esters (lactones) is 1. The number of rotatable bonds is 23. The highest BCUT2D eigenvalue weighted by molar-refractivity contribution is 6.74. The SMILES string of the molecule is CC[Si](CC)(CC)O[C@H]([C@H](C)[C@H]1OC(=O)/C=C/C(C)=C/C[C@H](O[Si](C)(C)C(C)(C)C)C[C@@H]2C=CC[C@@H](C[C@H](OC)[C@@H](C)[C@@H](OC)C[C@@H](OC)[C@@H]1C)O2)[C@@H](C)CCC(=O)[C@H](C)[C@H](OC)[C@H](C)/C=C/N(C)C=O. The number of Topliss-reactive ketones (excluding diaryl/α,β-unsaturated/α-hetero) is 1. The van der Waals surface area contributed by atoms with Crippen molar-refractivity contribution in [2.75, 3.05) is 35.5 Å². The van der Waals surface area contributed by atoms with Crippen molar-refractivity contribution < 1.29 is 51.7 Å². The van der Waals surface area contributed by atoms with Gasteiger partial charge in [0.05, 0.1) is 48.8 Å². The number of carbonyl (C=O) groups excluding carboxylic acids is 3. The van der Waals surface area contributed by atoms with Crippen molar-refractivity contribution in [2.45, 2.75) is 226 Å². The van der Waals surface area contributed by atoms with Crippen LogP contribution in [0.25, 0.3) is 0 Å². The van der Waals surface area contributed by atoms with Gasteiger partial charge in [-0.3, -0.25) is 9.59 Å². The summed E-state index contributed by atoms with van der Waals surface area (Å²) in [6.07, 6.45) is 16.5. The number of methoxy groups -OCH3 is 4.